The molecule has 0 saturated carbocycles. The van der Waals surface area contributed by atoms with Crippen molar-refractivity contribution in [1.82, 2.24) is 21.3 Å². The minimum Gasteiger partial charge on any atom is -0.359 e. The zero-order valence-corrected chi connectivity index (χ0v) is 27.6. The number of hydrogen-bond acceptors (Lipinski definition) is 4. The molecule has 0 unspecified atom stereocenters. The molecule has 0 aliphatic carbocycles. The van der Waals surface area contributed by atoms with Gasteiger partial charge in [-0.15, -0.1) is 0 Å². The van der Waals surface area contributed by atoms with Crippen molar-refractivity contribution in [1.29, 1.82) is 0 Å². The van der Waals surface area contributed by atoms with Gasteiger partial charge >= 0.3 is 0 Å². The first-order valence-corrected chi connectivity index (χ1v) is 15.1. The number of carbonyl (C=O) groups is 4. The van der Waals surface area contributed by atoms with Crippen molar-refractivity contribution in [2.24, 2.45) is 11.8 Å². The summed E-state index contributed by atoms with van der Waals surface area (Å²) in [5.41, 5.74) is 0. The predicted molar refractivity (Wildman–Crippen MR) is 166 cm³/mol. The van der Waals surface area contributed by atoms with Crippen molar-refractivity contribution in [3.8, 4) is 0 Å². The molecule has 0 spiro atoms. The van der Waals surface area contributed by atoms with Crippen LogP contribution >= 0.6 is 0 Å². The van der Waals surface area contributed by atoms with E-state index in [0.29, 0.717) is 63.7 Å². The summed E-state index contributed by atoms with van der Waals surface area (Å²) in [6.45, 7) is 28.8. The Hall–Kier alpha value is -2.12. The Bertz CT molecular complexity index is 471. The van der Waals surface area contributed by atoms with E-state index in [9.17, 15) is 19.2 Å². The van der Waals surface area contributed by atoms with E-state index >= 15 is 0 Å². The normalized spacial score (nSPS) is 8.61. The van der Waals surface area contributed by atoms with E-state index in [1.807, 2.05) is 76.2 Å². The van der Waals surface area contributed by atoms with Crippen LogP contribution < -0.4 is 21.3 Å². The molecule has 0 aliphatic rings. The zero-order chi connectivity index (χ0) is 31.2. The molecule has 0 atom stereocenters. The molecule has 4 amide bonds. The highest BCUT2D eigenvalue weighted by molar-refractivity contribution is 5.76. The summed E-state index contributed by atoms with van der Waals surface area (Å²) in [4.78, 5) is 43.1. The molecule has 0 aliphatic heterocycles. The third kappa shape index (κ3) is 64.2. The first-order chi connectivity index (χ1) is 18.1. The average Bonchev–Trinajstić information content (AvgIpc) is 2.89. The first kappa shape index (κ1) is 48.9. The SMILES string of the molecule is CC.CC.CC.CC(C)CC(=O)NCCCCNC=O.CCC.CCC(=O)NCCCNC(=O)CC(C)C. The van der Waals surface area contributed by atoms with Crippen LogP contribution in [-0.4, -0.2) is 50.3 Å². The number of carbonyl (C=O) groups excluding carboxylic acids is 4. The Balaban J connectivity index is -0.000000103. The number of unbranched alkanes of at least 4 members (excludes halogenated alkanes) is 1. The third-order valence-corrected chi connectivity index (χ3v) is 3.66. The standard InChI is InChI=1S/C11H22N2O2.C10H20N2O2.C3H8.3C2H6/c1-4-10(14)12-6-5-7-13-11(15)8-9(2)3;1-9(2)7-10(14)12-6-4-3-5-11-8-13;1-3-2;3*1-2/h9H,4-8H2,1-3H3,(H,12,14)(H,13,15);8-9H,3-7H2,1-2H3,(H,11,13)(H,12,14);3H2,1-2H3;3*1-2H3. The van der Waals surface area contributed by atoms with E-state index in [1.54, 1.807) is 0 Å². The Morgan fingerprint density at radius 1 is 0.579 bits per heavy atom. The van der Waals surface area contributed by atoms with E-state index in [-0.39, 0.29) is 17.7 Å². The van der Waals surface area contributed by atoms with Crippen molar-refractivity contribution < 1.29 is 19.2 Å². The van der Waals surface area contributed by atoms with Crippen LogP contribution in [0.15, 0.2) is 0 Å². The molecule has 0 fully saturated rings. The second-order valence-corrected chi connectivity index (χ2v) is 8.44. The number of hydrogen-bond donors (Lipinski definition) is 4. The molecule has 38 heavy (non-hydrogen) atoms. The molecule has 0 radical (unpaired) electrons. The molecule has 4 N–H and O–H groups in total. The first-order valence-electron chi connectivity index (χ1n) is 15.1. The second kappa shape index (κ2) is 48.0. The molecule has 0 saturated heterocycles. The van der Waals surface area contributed by atoms with Crippen LogP contribution in [0.2, 0.25) is 0 Å². The summed E-state index contributed by atoms with van der Waals surface area (Å²) in [7, 11) is 0. The van der Waals surface area contributed by atoms with Crippen molar-refractivity contribution in [2.75, 3.05) is 26.2 Å². The largest absolute Gasteiger partial charge is 0.359 e. The van der Waals surface area contributed by atoms with Crippen molar-refractivity contribution in [3.05, 3.63) is 0 Å². The summed E-state index contributed by atoms with van der Waals surface area (Å²) < 4.78 is 0. The summed E-state index contributed by atoms with van der Waals surface area (Å²) in [6, 6.07) is 0. The lowest BCUT2D eigenvalue weighted by molar-refractivity contribution is -0.122. The molecule has 232 valence electrons. The molecule has 0 aromatic heterocycles. The van der Waals surface area contributed by atoms with E-state index in [2.05, 4.69) is 35.1 Å². The monoisotopic (exact) mass is 549 g/mol. The smallest absolute Gasteiger partial charge is 0.220 e. The number of amides is 4. The van der Waals surface area contributed by atoms with Gasteiger partial charge in [-0.25, -0.2) is 0 Å². The predicted octanol–water partition coefficient (Wildman–Crippen LogP) is 6.23. The van der Waals surface area contributed by atoms with E-state index < -0.39 is 0 Å². The number of rotatable bonds is 15. The van der Waals surface area contributed by atoms with Crippen LogP contribution in [-0.2, 0) is 19.2 Å². The van der Waals surface area contributed by atoms with Gasteiger partial charge in [0.2, 0.25) is 24.1 Å². The van der Waals surface area contributed by atoms with Gasteiger partial charge in [0, 0.05) is 45.4 Å². The molecule has 0 bridgehead atoms. The molecule has 0 heterocycles. The van der Waals surface area contributed by atoms with Crippen molar-refractivity contribution >= 4 is 24.1 Å². The fraction of sp³-hybridized carbons (Fsp3) is 0.867. The lowest BCUT2D eigenvalue weighted by Gasteiger charge is -2.07. The maximum absolute atomic E-state index is 11.2. The highest BCUT2D eigenvalue weighted by Crippen LogP contribution is 1.98. The van der Waals surface area contributed by atoms with Crippen LogP contribution in [0.25, 0.3) is 0 Å². The minimum atomic E-state index is 0.0588. The van der Waals surface area contributed by atoms with Gasteiger partial charge < -0.3 is 21.3 Å². The summed E-state index contributed by atoms with van der Waals surface area (Å²) in [5, 5.41) is 11.0. The zero-order valence-electron chi connectivity index (χ0n) is 27.6. The van der Waals surface area contributed by atoms with Gasteiger partial charge in [-0.2, -0.15) is 0 Å². The van der Waals surface area contributed by atoms with Crippen molar-refractivity contribution in [3.63, 3.8) is 0 Å². The topological polar surface area (TPSA) is 116 Å². The minimum absolute atomic E-state index is 0.0588. The maximum atomic E-state index is 11.2. The molecule has 0 aromatic carbocycles. The van der Waals surface area contributed by atoms with Gasteiger partial charge in [-0.05, 0) is 31.1 Å². The third-order valence-electron chi connectivity index (χ3n) is 3.66. The molecular formula is C30H68N4O4. The molecule has 0 aromatic rings. The summed E-state index contributed by atoms with van der Waals surface area (Å²) in [6.07, 6.45) is 6.21. The van der Waals surface area contributed by atoms with E-state index in [1.165, 1.54) is 6.42 Å². The van der Waals surface area contributed by atoms with Gasteiger partial charge in [0.1, 0.15) is 0 Å². The fourth-order valence-corrected chi connectivity index (χ4v) is 2.19. The van der Waals surface area contributed by atoms with Crippen molar-refractivity contribution in [2.45, 2.75) is 135 Å². The summed E-state index contributed by atoms with van der Waals surface area (Å²) >= 11 is 0. The molecule has 8 heteroatoms. The van der Waals surface area contributed by atoms with Gasteiger partial charge in [-0.3, -0.25) is 19.2 Å². The summed E-state index contributed by atoms with van der Waals surface area (Å²) in [5.74, 6) is 1.06. The van der Waals surface area contributed by atoms with Crippen LogP contribution in [0.5, 0.6) is 0 Å². The maximum Gasteiger partial charge on any atom is 0.220 e. The van der Waals surface area contributed by atoms with Gasteiger partial charge in [0.05, 0.1) is 0 Å². The Morgan fingerprint density at radius 2 is 0.895 bits per heavy atom. The Labute approximate surface area is 237 Å². The van der Waals surface area contributed by atoms with Crippen LogP contribution in [0.1, 0.15) is 135 Å². The lowest BCUT2D eigenvalue weighted by Crippen LogP contribution is -2.29. The fourth-order valence-electron chi connectivity index (χ4n) is 2.19. The average molecular weight is 549 g/mol. The van der Waals surface area contributed by atoms with E-state index in [0.717, 1.165) is 19.3 Å². The second-order valence-electron chi connectivity index (χ2n) is 8.44. The van der Waals surface area contributed by atoms with E-state index in [4.69, 9.17) is 0 Å². The number of nitrogens with one attached hydrogen (secondary N) is 4. The molecule has 8 nitrogen and oxygen atoms in total. The molecular weight excluding hydrogens is 480 g/mol. The van der Waals surface area contributed by atoms with Crippen LogP contribution in [0.4, 0.5) is 0 Å². The Morgan fingerprint density at radius 3 is 1.21 bits per heavy atom. The van der Waals surface area contributed by atoms with Crippen LogP contribution in [0, 0.1) is 11.8 Å². The van der Waals surface area contributed by atoms with Crippen LogP contribution in [0.3, 0.4) is 0 Å². The van der Waals surface area contributed by atoms with Gasteiger partial charge in [0.25, 0.3) is 0 Å². The van der Waals surface area contributed by atoms with Gasteiger partial charge in [0.15, 0.2) is 0 Å². The van der Waals surface area contributed by atoms with Gasteiger partial charge in [-0.1, -0.05) is 96.4 Å². The quantitative estimate of drug-likeness (QED) is 0.143. The Kier molecular flexibility index (Phi) is 61.8. The lowest BCUT2D eigenvalue weighted by atomic mass is 10.1. The highest BCUT2D eigenvalue weighted by atomic mass is 16.2. The highest BCUT2D eigenvalue weighted by Gasteiger charge is 2.04. The molecule has 0 rings (SSSR count).